The number of nitrogens with two attached hydrogens (primary N) is 1. The van der Waals surface area contributed by atoms with Crippen molar-refractivity contribution in [3.63, 3.8) is 0 Å². The highest BCUT2D eigenvalue weighted by molar-refractivity contribution is 9.10. The number of carbonyl (C=O) groups excluding carboxylic acids is 4. The maximum absolute atomic E-state index is 13.8. The fourth-order valence-electron chi connectivity index (χ4n) is 5.38. The summed E-state index contributed by atoms with van der Waals surface area (Å²) < 4.78 is 6.61. The van der Waals surface area contributed by atoms with E-state index in [1.807, 2.05) is 0 Å². The average Bonchev–Trinajstić information content (AvgIpc) is 3.35. The van der Waals surface area contributed by atoms with Gasteiger partial charge in [-0.15, -0.1) is 0 Å². The fourth-order valence-corrected chi connectivity index (χ4v) is 5.69. The lowest BCUT2D eigenvalue weighted by atomic mass is 9.99. The number of anilines is 1. The topological polar surface area (TPSA) is 198 Å². The molecule has 2 aliphatic rings. The molecule has 3 atom stereocenters. The lowest BCUT2D eigenvalue weighted by molar-refractivity contribution is -0.138. The van der Waals surface area contributed by atoms with Gasteiger partial charge in [0.25, 0.3) is 5.91 Å². The molecule has 1 aliphatic heterocycles. The highest BCUT2D eigenvalue weighted by Gasteiger charge is 2.66. The Bertz CT molecular complexity index is 1630. The Balaban J connectivity index is 1.48. The molecule has 40 heavy (non-hydrogen) atoms. The number of aromatic nitrogens is 3. The van der Waals surface area contributed by atoms with Gasteiger partial charge in [0, 0.05) is 28.3 Å². The molecular weight excluding hydrogens is 586 g/mol. The number of nitrogens with one attached hydrogen (secondary N) is 1. The number of primary amides is 1. The van der Waals surface area contributed by atoms with Crippen molar-refractivity contribution in [2.45, 2.75) is 38.4 Å². The normalized spacial score (nSPS) is 20.9. The number of rotatable bonds is 8. The Morgan fingerprint density at radius 1 is 1.27 bits per heavy atom. The Morgan fingerprint density at radius 3 is 2.75 bits per heavy atom. The highest BCUT2D eigenvalue weighted by Crippen LogP contribution is 2.60. The summed E-state index contributed by atoms with van der Waals surface area (Å²) in [7, 11) is 1.24. The number of halogens is 1. The first-order valence-electron chi connectivity index (χ1n) is 12.2. The quantitative estimate of drug-likeness (QED) is 0.128. The van der Waals surface area contributed by atoms with Gasteiger partial charge in [-0.25, -0.2) is 9.78 Å². The number of fused-ring (bicyclic) bond motifs is 2. The third kappa shape index (κ3) is 4.73. The number of hydrogen-bond acceptors (Lipinski definition) is 8. The number of nitrogens with zero attached hydrogens (tertiary/aromatic N) is 7. The maximum atomic E-state index is 13.8. The van der Waals surface area contributed by atoms with Crippen LogP contribution in [0.3, 0.4) is 0 Å². The lowest BCUT2D eigenvalue weighted by Crippen LogP contribution is -2.47. The molecule has 3 N–H and O–H groups in total. The molecule has 0 unspecified atom stereocenters. The minimum absolute atomic E-state index is 0.0599. The summed E-state index contributed by atoms with van der Waals surface area (Å²) in [6, 6.07) is 6.83. The molecule has 1 aliphatic carbocycles. The number of methoxy groups -OCH3 is 1. The van der Waals surface area contributed by atoms with Crippen molar-refractivity contribution in [3.8, 4) is 0 Å². The smallest absolute Gasteiger partial charge is 0.337 e. The zero-order valence-electron chi connectivity index (χ0n) is 21.5. The van der Waals surface area contributed by atoms with Crippen LogP contribution in [0.15, 0.2) is 40.0 Å². The molecule has 2 fully saturated rings. The van der Waals surface area contributed by atoms with E-state index in [9.17, 15) is 19.2 Å². The Kier molecular flexibility index (Phi) is 6.94. The minimum Gasteiger partial charge on any atom is -0.465 e. The maximum Gasteiger partial charge on any atom is 0.337 e. The number of ether oxygens (including phenoxy) is 1. The second-order valence-corrected chi connectivity index (χ2v) is 10.7. The number of aryl methyl sites for hydroxylation is 1. The summed E-state index contributed by atoms with van der Waals surface area (Å²) in [5.41, 5.74) is 15.1. The second kappa shape index (κ2) is 10.2. The van der Waals surface area contributed by atoms with Crippen LogP contribution in [0.4, 0.5) is 5.82 Å². The van der Waals surface area contributed by atoms with Gasteiger partial charge in [0.2, 0.25) is 11.8 Å². The van der Waals surface area contributed by atoms with Crippen molar-refractivity contribution in [1.29, 1.82) is 0 Å². The van der Waals surface area contributed by atoms with E-state index in [2.05, 4.69) is 41.4 Å². The molecule has 1 aromatic carbocycles. The van der Waals surface area contributed by atoms with E-state index >= 15 is 0 Å². The largest absolute Gasteiger partial charge is 0.465 e. The van der Waals surface area contributed by atoms with E-state index in [-0.39, 0.29) is 30.4 Å². The molecule has 15 heteroatoms. The average molecular weight is 610 g/mol. The van der Waals surface area contributed by atoms with Crippen molar-refractivity contribution in [2.24, 2.45) is 16.3 Å². The van der Waals surface area contributed by atoms with Gasteiger partial charge in [-0.1, -0.05) is 11.2 Å². The van der Waals surface area contributed by atoms with Crippen molar-refractivity contribution in [1.82, 2.24) is 19.7 Å². The highest BCUT2D eigenvalue weighted by atomic mass is 79.9. The molecule has 206 valence electrons. The van der Waals surface area contributed by atoms with Crippen LogP contribution in [-0.2, 0) is 20.9 Å². The number of esters is 1. The van der Waals surface area contributed by atoms with Crippen molar-refractivity contribution in [2.75, 3.05) is 19.0 Å². The predicted octanol–water partition coefficient (Wildman–Crippen LogP) is 2.70. The van der Waals surface area contributed by atoms with Crippen LogP contribution in [0.5, 0.6) is 0 Å². The fraction of sp³-hybridized carbons (Fsp3) is 0.360. The van der Waals surface area contributed by atoms with Crippen molar-refractivity contribution < 1.29 is 23.9 Å². The summed E-state index contributed by atoms with van der Waals surface area (Å²) in [4.78, 5) is 60.2. The number of carbonyl (C=O) groups is 4. The first kappa shape index (κ1) is 27.1. The first-order chi connectivity index (χ1) is 19.1. The Hall–Kier alpha value is -4.49. The molecule has 0 bridgehead atoms. The van der Waals surface area contributed by atoms with E-state index in [1.54, 1.807) is 19.1 Å². The molecule has 0 radical (unpaired) electrons. The number of azide groups is 1. The summed E-state index contributed by atoms with van der Waals surface area (Å²) in [5, 5.41) is 11.2. The Labute approximate surface area is 235 Å². The number of benzene rings is 1. The standard InChI is InChI=1S/C25H24BrN9O5/c1-12-3-6-18(26)30-22(12)31-23(38)16-8-25(11-29-33-28)9-17(25)35(16)19(36)10-34-15-7-13(24(39)40-2)4-5-14(15)20(32-34)21(27)37/h3-7,16-17H,8-11H2,1-2H3,(H2,27,37)(H,30,31,38)/t16-,17+,25-/m0/s1. The number of hydrogen-bond donors (Lipinski definition) is 2. The third-order valence-electron chi connectivity index (χ3n) is 7.45. The van der Waals surface area contributed by atoms with E-state index in [0.717, 1.165) is 5.56 Å². The summed E-state index contributed by atoms with van der Waals surface area (Å²) in [6.07, 6.45) is 0.884. The molecule has 3 amide bonds. The molecule has 3 aromatic rings. The van der Waals surface area contributed by atoms with Gasteiger partial charge in [-0.05, 0) is 71.1 Å². The van der Waals surface area contributed by atoms with Gasteiger partial charge in [-0.2, -0.15) is 5.10 Å². The van der Waals surface area contributed by atoms with Gasteiger partial charge in [-0.3, -0.25) is 19.1 Å². The molecule has 2 aromatic heterocycles. The van der Waals surface area contributed by atoms with Crippen LogP contribution in [0.1, 0.15) is 39.3 Å². The van der Waals surface area contributed by atoms with E-state index in [4.69, 9.17) is 16.0 Å². The monoisotopic (exact) mass is 609 g/mol. The molecule has 1 saturated carbocycles. The van der Waals surface area contributed by atoms with Crippen LogP contribution in [-0.4, -0.2) is 69.1 Å². The van der Waals surface area contributed by atoms with Gasteiger partial charge >= 0.3 is 5.97 Å². The van der Waals surface area contributed by atoms with Crippen molar-refractivity contribution >= 4 is 56.3 Å². The van der Waals surface area contributed by atoms with Gasteiger partial charge < -0.3 is 20.7 Å². The molecule has 1 saturated heterocycles. The van der Waals surface area contributed by atoms with E-state index in [0.29, 0.717) is 34.2 Å². The molecule has 14 nitrogen and oxygen atoms in total. The van der Waals surface area contributed by atoms with Gasteiger partial charge in [0.15, 0.2) is 5.69 Å². The zero-order chi connectivity index (χ0) is 28.8. The zero-order valence-corrected chi connectivity index (χ0v) is 23.1. The predicted molar refractivity (Wildman–Crippen MR) is 145 cm³/mol. The van der Waals surface area contributed by atoms with E-state index in [1.165, 1.54) is 34.9 Å². The van der Waals surface area contributed by atoms with Gasteiger partial charge in [0.05, 0.1) is 18.2 Å². The molecule has 0 spiro atoms. The number of piperidine rings is 1. The molecular formula is C25H24BrN9O5. The second-order valence-electron chi connectivity index (χ2n) is 9.87. The number of pyridine rings is 1. The Morgan fingerprint density at radius 2 is 2.05 bits per heavy atom. The molecule has 5 rings (SSSR count). The van der Waals surface area contributed by atoms with Crippen LogP contribution >= 0.6 is 15.9 Å². The summed E-state index contributed by atoms with van der Waals surface area (Å²) in [6.45, 7) is 1.62. The number of amides is 3. The minimum atomic E-state index is -0.858. The molecule has 3 heterocycles. The van der Waals surface area contributed by atoms with Crippen LogP contribution in [0, 0.1) is 12.3 Å². The SMILES string of the molecule is COC(=O)c1ccc2c(C(N)=O)nn(CC(=O)N3[C@H](C(=O)Nc4nc(Br)ccc4C)C[C@@]4(CN=[N+]=[N-])C[C@@H]34)c2c1. The van der Waals surface area contributed by atoms with E-state index < -0.39 is 35.1 Å². The van der Waals surface area contributed by atoms with Gasteiger partial charge in [0.1, 0.15) is 23.0 Å². The van der Waals surface area contributed by atoms with Crippen LogP contribution < -0.4 is 11.1 Å². The number of likely N-dealkylation sites (tertiary alicyclic amines) is 1. The third-order valence-corrected chi connectivity index (χ3v) is 7.89. The lowest BCUT2D eigenvalue weighted by Gasteiger charge is -2.27. The van der Waals surface area contributed by atoms with Crippen molar-refractivity contribution in [3.05, 3.63) is 62.2 Å². The van der Waals surface area contributed by atoms with Crippen LogP contribution in [0.2, 0.25) is 0 Å². The van der Waals surface area contributed by atoms with Crippen LogP contribution in [0.25, 0.3) is 21.3 Å². The summed E-state index contributed by atoms with van der Waals surface area (Å²) >= 11 is 3.30. The first-order valence-corrected chi connectivity index (χ1v) is 13.0. The summed E-state index contributed by atoms with van der Waals surface area (Å²) in [5.74, 6) is -1.90.